The lowest BCUT2D eigenvalue weighted by Gasteiger charge is -2.10. The first-order valence-electron chi connectivity index (χ1n) is 6.96. The van der Waals surface area contributed by atoms with Crippen molar-refractivity contribution in [2.75, 3.05) is 30.8 Å². The second kappa shape index (κ2) is 6.71. The summed E-state index contributed by atoms with van der Waals surface area (Å²) >= 11 is 1.61. The van der Waals surface area contributed by atoms with E-state index in [1.165, 1.54) is 4.88 Å². The molecule has 1 amide bonds. The summed E-state index contributed by atoms with van der Waals surface area (Å²) < 4.78 is 0. The van der Waals surface area contributed by atoms with Crippen molar-refractivity contribution in [3.05, 3.63) is 10.9 Å². The van der Waals surface area contributed by atoms with Crippen LogP contribution in [0.1, 0.15) is 18.7 Å². The lowest BCUT2D eigenvalue weighted by atomic mass is 10.2. The number of aromatic nitrogens is 2. The number of carbonyl (C=O) groups excluding carboxylic acids is 1. The zero-order chi connectivity index (χ0) is 15.4. The Kier molecular flexibility index (Phi) is 4.95. The molecule has 0 atom stereocenters. The Morgan fingerprint density at radius 1 is 1.38 bits per heavy atom. The first-order valence-corrected chi connectivity index (χ1v) is 7.77. The second-order valence-corrected chi connectivity index (χ2v) is 6.51. The van der Waals surface area contributed by atoms with E-state index in [0.29, 0.717) is 24.2 Å². The number of nitrogens with one attached hydrogen (secondary N) is 3. The minimum Gasteiger partial charge on any atom is -0.360 e. The predicted molar refractivity (Wildman–Crippen MR) is 88.0 cm³/mol. The first-order chi connectivity index (χ1) is 9.99. The molecule has 2 rings (SSSR count). The van der Waals surface area contributed by atoms with Gasteiger partial charge in [0.15, 0.2) is 0 Å². The van der Waals surface area contributed by atoms with Gasteiger partial charge in [-0.1, -0.05) is 13.8 Å². The SMILES string of the molecule is CNc1nc(NCC(=O)NCC(C)C)c2cc(C)sc2n1. The molecule has 2 heterocycles. The zero-order valence-corrected chi connectivity index (χ0v) is 13.6. The molecule has 114 valence electrons. The average molecular weight is 307 g/mol. The van der Waals surface area contributed by atoms with Crippen LogP contribution in [0.25, 0.3) is 10.2 Å². The second-order valence-electron chi connectivity index (χ2n) is 5.27. The highest BCUT2D eigenvalue weighted by Crippen LogP contribution is 2.29. The van der Waals surface area contributed by atoms with Crippen LogP contribution >= 0.6 is 11.3 Å². The summed E-state index contributed by atoms with van der Waals surface area (Å²) in [4.78, 5) is 22.7. The van der Waals surface area contributed by atoms with Gasteiger partial charge < -0.3 is 16.0 Å². The predicted octanol–water partition coefficient (Wildman–Crippen LogP) is 2.23. The largest absolute Gasteiger partial charge is 0.360 e. The van der Waals surface area contributed by atoms with E-state index in [9.17, 15) is 4.79 Å². The van der Waals surface area contributed by atoms with E-state index in [2.05, 4.69) is 39.8 Å². The number of amides is 1. The lowest BCUT2D eigenvalue weighted by molar-refractivity contribution is -0.119. The van der Waals surface area contributed by atoms with E-state index in [-0.39, 0.29) is 12.5 Å². The molecule has 0 radical (unpaired) electrons. The molecule has 2 aromatic rings. The smallest absolute Gasteiger partial charge is 0.239 e. The van der Waals surface area contributed by atoms with Gasteiger partial charge in [0.2, 0.25) is 11.9 Å². The first kappa shape index (κ1) is 15.5. The molecule has 0 aliphatic heterocycles. The van der Waals surface area contributed by atoms with Gasteiger partial charge in [-0.2, -0.15) is 4.98 Å². The molecule has 21 heavy (non-hydrogen) atoms. The molecule has 0 saturated heterocycles. The van der Waals surface area contributed by atoms with Gasteiger partial charge in [0.25, 0.3) is 0 Å². The van der Waals surface area contributed by atoms with Crippen LogP contribution < -0.4 is 16.0 Å². The fourth-order valence-corrected chi connectivity index (χ4v) is 2.71. The van der Waals surface area contributed by atoms with Crippen molar-refractivity contribution in [3.63, 3.8) is 0 Å². The molecule has 0 aliphatic carbocycles. The topological polar surface area (TPSA) is 78.9 Å². The standard InChI is InChI=1S/C14H21N5OS/c1-8(2)6-16-11(20)7-17-12-10-5-9(3)21-13(10)19-14(15-4)18-12/h5,8H,6-7H2,1-4H3,(H,16,20)(H2,15,17,18,19). The number of carbonyl (C=O) groups is 1. The van der Waals surface area contributed by atoms with Crippen molar-refractivity contribution in [1.29, 1.82) is 0 Å². The molecule has 0 spiro atoms. The van der Waals surface area contributed by atoms with Crippen molar-refractivity contribution in [1.82, 2.24) is 15.3 Å². The van der Waals surface area contributed by atoms with E-state index < -0.39 is 0 Å². The molecular weight excluding hydrogens is 286 g/mol. The highest BCUT2D eigenvalue weighted by atomic mass is 32.1. The van der Waals surface area contributed by atoms with Gasteiger partial charge in [-0.05, 0) is 18.9 Å². The van der Waals surface area contributed by atoms with Crippen LogP contribution in [0, 0.1) is 12.8 Å². The van der Waals surface area contributed by atoms with Gasteiger partial charge >= 0.3 is 0 Å². The highest BCUT2D eigenvalue weighted by Gasteiger charge is 2.11. The summed E-state index contributed by atoms with van der Waals surface area (Å²) in [6.07, 6.45) is 0. The Bertz CT molecular complexity index is 638. The maximum absolute atomic E-state index is 11.8. The monoisotopic (exact) mass is 307 g/mol. The summed E-state index contributed by atoms with van der Waals surface area (Å²) in [5.41, 5.74) is 0. The fraction of sp³-hybridized carbons (Fsp3) is 0.500. The maximum atomic E-state index is 11.8. The van der Waals surface area contributed by atoms with Crippen molar-refractivity contribution in [2.24, 2.45) is 5.92 Å². The molecule has 3 N–H and O–H groups in total. The highest BCUT2D eigenvalue weighted by molar-refractivity contribution is 7.18. The molecule has 0 aromatic carbocycles. The van der Waals surface area contributed by atoms with Crippen LogP contribution in [0.15, 0.2) is 6.07 Å². The Hall–Kier alpha value is -1.89. The molecule has 7 heteroatoms. The van der Waals surface area contributed by atoms with Crippen molar-refractivity contribution < 1.29 is 4.79 Å². The van der Waals surface area contributed by atoms with Crippen LogP contribution in [-0.4, -0.2) is 36.0 Å². The third-order valence-electron chi connectivity index (χ3n) is 2.86. The van der Waals surface area contributed by atoms with Crippen LogP contribution in [0.4, 0.5) is 11.8 Å². The van der Waals surface area contributed by atoms with Gasteiger partial charge in [0.1, 0.15) is 10.6 Å². The molecular formula is C14H21N5OS. The van der Waals surface area contributed by atoms with E-state index in [0.717, 1.165) is 10.2 Å². The Morgan fingerprint density at radius 3 is 2.81 bits per heavy atom. The number of rotatable bonds is 6. The van der Waals surface area contributed by atoms with Gasteiger partial charge in [-0.3, -0.25) is 4.79 Å². The number of fused-ring (bicyclic) bond motifs is 1. The quantitative estimate of drug-likeness (QED) is 0.762. The Morgan fingerprint density at radius 2 is 2.14 bits per heavy atom. The normalized spacial score (nSPS) is 10.9. The molecule has 0 bridgehead atoms. The van der Waals surface area contributed by atoms with E-state index in [1.807, 2.05) is 13.0 Å². The van der Waals surface area contributed by atoms with Gasteiger partial charge in [0, 0.05) is 18.5 Å². The summed E-state index contributed by atoms with van der Waals surface area (Å²) in [5, 5.41) is 9.87. The number of hydrogen-bond acceptors (Lipinski definition) is 6. The van der Waals surface area contributed by atoms with Crippen LogP contribution in [0.2, 0.25) is 0 Å². The number of hydrogen-bond donors (Lipinski definition) is 3. The van der Waals surface area contributed by atoms with Gasteiger partial charge in [0.05, 0.1) is 11.9 Å². The molecule has 0 aliphatic rings. The molecule has 2 aromatic heterocycles. The van der Waals surface area contributed by atoms with E-state index in [1.54, 1.807) is 18.4 Å². The molecule has 6 nitrogen and oxygen atoms in total. The van der Waals surface area contributed by atoms with Crippen LogP contribution in [-0.2, 0) is 4.79 Å². The molecule has 0 saturated carbocycles. The minimum atomic E-state index is -0.0339. The van der Waals surface area contributed by atoms with E-state index >= 15 is 0 Å². The minimum absolute atomic E-state index is 0.0339. The Labute approximate surface area is 128 Å². The summed E-state index contributed by atoms with van der Waals surface area (Å²) in [5.74, 6) is 1.64. The number of nitrogens with zero attached hydrogens (tertiary/aromatic N) is 2. The average Bonchev–Trinajstić information content (AvgIpc) is 2.82. The summed E-state index contributed by atoms with van der Waals surface area (Å²) in [6.45, 7) is 7.05. The fourth-order valence-electron chi connectivity index (χ4n) is 1.83. The van der Waals surface area contributed by atoms with E-state index in [4.69, 9.17) is 0 Å². The van der Waals surface area contributed by atoms with Crippen LogP contribution in [0.3, 0.4) is 0 Å². The lowest BCUT2D eigenvalue weighted by Crippen LogP contribution is -2.32. The third-order valence-corrected chi connectivity index (χ3v) is 3.81. The summed E-state index contributed by atoms with van der Waals surface area (Å²) in [6, 6.07) is 2.04. The zero-order valence-electron chi connectivity index (χ0n) is 12.8. The molecule has 0 unspecified atom stereocenters. The number of thiophene rings is 1. The van der Waals surface area contributed by atoms with Crippen molar-refractivity contribution in [2.45, 2.75) is 20.8 Å². The van der Waals surface area contributed by atoms with Crippen molar-refractivity contribution >= 4 is 39.2 Å². The van der Waals surface area contributed by atoms with Crippen LogP contribution in [0.5, 0.6) is 0 Å². The summed E-state index contributed by atoms with van der Waals surface area (Å²) in [7, 11) is 1.78. The maximum Gasteiger partial charge on any atom is 0.239 e. The molecule has 0 fully saturated rings. The number of aryl methyl sites for hydroxylation is 1. The van der Waals surface area contributed by atoms with Gasteiger partial charge in [-0.15, -0.1) is 11.3 Å². The Balaban J connectivity index is 2.11. The van der Waals surface area contributed by atoms with Gasteiger partial charge in [-0.25, -0.2) is 4.98 Å². The number of anilines is 2. The third kappa shape index (κ3) is 4.04. The van der Waals surface area contributed by atoms with Crippen molar-refractivity contribution in [3.8, 4) is 0 Å².